The molecule has 0 aliphatic heterocycles. The summed E-state index contributed by atoms with van der Waals surface area (Å²) in [5.41, 5.74) is 6.78. The summed E-state index contributed by atoms with van der Waals surface area (Å²) in [6, 6.07) is 8.07. The molecule has 4 heteroatoms. The fourth-order valence-electron chi connectivity index (χ4n) is 1.45. The van der Waals surface area contributed by atoms with Gasteiger partial charge in [-0.1, -0.05) is 17.7 Å². The zero-order valence-electron chi connectivity index (χ0n) is 9.85. The van der Waals surface area contributed by atoms with Gasteiger partial charge in [0, 0.05) is 24.0 Å². The van der Waals surface area contributed by atoms with Crippen LogP contribution in [0.5, 0.6) is 5.75 Å². The van der Waals surface area contributed by atoms with E-state index in [1.165, 1.54) is 5.56 Å². The molecule has 0 aliphatic carbocycles. The van der Waals surface area contributed by atoms with Gasteiger partial charge < -0.3 is 10.5 Å². The average Bonchev–Trinajstić information content (AvgIpc) is 2.80. The highest BCUT2D eigenvalue weighted by molar-refractivity contribution is 7.11. The third kappa shape index (κ3) is 3.54. The van der Waals surface area contributed by atoms with Gasteiger partial charge in [0.15, 0.2) is 0 Å². The Kier molecular flexibility index (Phi) is 4.12. The number of aryl methyl sites for hydroxylation is 1. The molecule has 0 radical (unpaired) electrons. The van der Waals surface area contributed by atoms with E-state index in [1.54, 1.807) is 11.3 Å². The molecule has 1 aromatic heterocycles. The van der Waals surface area contributed by atoms with Crippen molar-refractivity contribution in [1.82, 2.24) is 4.98 Å². The Balaban J connectivity index is 1.81. The third-order valence-corrected chi connectivity index (χ3v) is 3.49. The van der Waals surface area contributed by atoms with Gasteiger partial charge in [-0.15, -0.1) is 11.3 Å². The first-order valence-electron chi connectivity index (χ1n) is 5.61. The number of rotatable bonds is 5. The van der Waals surface area contributed by atoms with Crippen LogP contribution in [-0.2, 0) is 13.0 Å². The Morgan fingerprint density at radius 2 is 2.06 bits per heavy atom. The summed E-state index contributed by atoms with van der Waals surface area (Å²) in [5, 5.41) is 1.08. The van der Waals surface area contributed by atoms with Crippen LogP contribution in [-0.4, -0.2) is 11.6 Å². The van der Waals surface area contributed by atoms with Gasteiger partial charge in [0.25, 0.3) is 0 Å². The fraction of sp³-hybridized carbons (Fsp3) is 0.308. The number of ether oxygens (including phenoxy) is 1. The van der Waals surface area contributed by atoms with Crippen LogP contribution in [0.2, 0.25) is 0 Å². The van der Waals surface area contributed by atoms with Gasteiger partial charge in [0.1, 0.15) is 5.75 Å². The van der Waals surface area contributed by atoms with E-state index in [4.69, 9.17) is 10.5 Å². The standard InChI is InChI=1S/C13H16N2OS/c1-10-2-4-11(5-3-10)16-7-6-13-15-9-12(8-14)17-13/h2-5,9H,6-8,14H2,1H3. The molecule has 1 aromatic carbocycles. The molecule has 2 rings (SSSR count). The smallest absolute Gasteiger partial charge is 0.119 e. The lowest BCUT2D eigenvalue weighted by Crippen LogP contribution is -2.00. The summed E-state index contributed by atoms with van der Waals surface area (Å²) >= 11 is 1.65. The van der Waals surface area contributed by atoms with Crippen LogP contribution in [0, 0.1) is 6.92 Å². The highest BCUT2D eigenvalue weighted by Gasteiger charge is 2.01. The summed E-state index contributed by atoms with van der Waals surface area (Å²) < 4.78 is 5.64. The first-order valence-corrected chi connectivity index (χ1v) is 6.42. The zero-order valence-corrected chi connectivity index (χ0v) is 10.7. The molecule has 0 saturated carbocycles. The Bertz CT molecular complexity index is 465. The van der Waals surface area contributed by atoms with Gasteiger partial charge in [-0.05, 0) is 19.1 Å². The predicted octanol–water partition coefficient (Wildman–Crippen LogP) is 2.53. The van der Waals surface area contributed by atoms with E-state index in [0.29, 0.717) is 13.2 Å². The SMILES string of the molecule is Cc1ccc(OCCc2ncc(CN)s2)cc1. The molecule has 90 valence electrons. The lowest BCUT2D eigenvalue weighted by molar-refractivity contribution is 0.321. The maximum Gasteiger partial charge on any atom is 0.119 e. The van der Waals surface area contributed by atoms with E-state index >= 15 is 0 Å². The quantitative estimate of drug-likeness (QED) is 0.884. The normalized spacial score (nSPS) is 10.5. The molecule has 1 heterocycles. The third-order valence-electron chi connectivity index (χ3n) is 2.41. The number of thiazole rings is 1. The van der Waals surface area contributed by atoms with Crippen LogP contribution in [0.3, 0.4) is 0 Å². The second-order valence-corrected chi connectivity index (χ2v) is 5.04. The summed E-state index contributed by atoms with van der Waals surface area (Å²) in [5.74, 6) is 0.909. The maximum atomic E-state index is 5.64. The van der Waals surface area contributed by atoms with E-state index in [1.807, 2.05) is 30.5 Å². The van der Waals surface area contributed by atoms with Crippen LogP contribution in [0.15, 0.2) is 30.5 Å². The van der Waals surface area contributed by atoms with Crippen molar-refractivity contribution in [3.63, 3.8) is 0 Å². The Hall–Kier alpha value is -1.39. The first-order chi connectivity index (χ1) is 8.28. The van der Waals surface area contributed by atoms with Crippen LogP contribution in [0.1, 0.15) is 15.4 Å². The minimum Gasteiger partial charge on any atom is -0.493 e. The predicted molar refractivity (Wildman–Crippen MR) is 70.4 cm³/mol. The van der Waals surface area contributed by atoms with Crippen LogP contribution < -0.4 is 10.5 Å². The van der Waals surface area contributed by atoms with E-state index in [0.717, 1.165) is 22.1 Å². The minimum atomic E-state index is 0.566. The molecule has 2 N–H and O–H groups in total. The number of nitrogens with two attached hydrogens (primary N) is 1. The fourth-order valence-corrected chi connectivity index (χ4v) is 2.23. The van der Waals surface area contributed by atoms with E-state index < -0.39 is 0 Å². The Morgan fingerprint density at radius 3 is 2.71 bits per heavy atom. The molecule has 0 spiro atoms. The highest BCUT2D eigenvalue weighted by Crippen LogP contribution is 2.14. The first kappa shape index (κ1) is 12.1. The zero-order chi connectivity index (χ0) is 12.1. The van der Waals surface area contributed by atoms with Gasteiger partial charge in [0.2, 0.25) is 0 Å². The van der Waals surface area contributed by atoms with Gasteiger partial charge >= 0.3 is 0 Å². The molecule has 0 amide bonds. The van der Waals surface area contributed by atoms with Crippen molar-refractivity contribution >= 4 is 11.3 Å². The van der Waals surface area contributed by atoms with Gasteiger partial charge in [-0.3, -0.25) is 0 Å². The van der Waals surface area contributed by atoms with Crippen molar-refractivity contribution in [1.29, 1.82) is 0 Å². The van der Waals surface area contributed by atoms with Crippen molar-refractivity contribution in [2.24, 2.45) is 5.73 Å². The van der Waals surface area contributed by atoms with Gasteiger partial charge in [0.05, 0.1) is 11.6 Å². The lowest BCUT2D eigenvalue weighted by atomic mass is 10.2. The highest BCUT2D eigenvalue weighted by atomic mass is 32.1. The van der Waals surface area contributed by atoms with Crippen molar-refractivity contribution in [3.8, 4) is 5.75 Å². The average molecular weight is 248 g/mol. The molecule has 0 fully saturated rings. The number of aromatic nitrogens is 1. The Morgan fingerprint density at radius 1 is 1.29 bits per heavy atom. The van der Waals surface area contributed by atoms with Crippen molar-refractivity contribution in [3.05, 3.63) is 45.9 Å². The van der Waals surface area contributed by atoms with Gasteiger partial charge in [-0.2, -0.15) is 0 Å². The van der Waals surface area contributed by atoms with E-state index in [9.17, 15) is 0 Å². The topological polar surface area (TPSA) is 48.1 Å². The Labute approximate surface area is 105 Å². The van der Waals surface area contributed by atoms with Crippen molar-refractivity contribution in [2.75, 3.05) is 6.61 Å². The van der Waals surface area contributed by atoms with Crippen molar-refractivity contribution < 1.29 is 4.74 Å². The molecule has 0 saturated heterocycles. The summed E-state index contributed by atoms with van der Waals surface area (Å²) in [6.07, 6.45) is 2.67. The molecule has 0 aliphatic rings. The largest absolute Gasteiger partial charge is 0.493 e. The number of hydrogen-bond acceptors (Lipinski definition) is 4. The summed E-state index contributed by atoms with van der Waals surface area (Å²) in [6.45, 7) is 3.28. The number of benzene rings is 1. The molecule has 0 bridgehead atoms. The molecule has 0 unspecified atom stereocenters. The lowest BCUT2D eigenvalue weighted by Gasteiger charge is -2.04. The summed E-state index contributed by atoms with van der Waals surface area (Å²) in [7, 11) is 0. The maximum absolute atomic E-state index is 5.64. The van der Waals surface area contributed by atoms with Crippen LogP contribution in [0.25, 0.3) is 0 Å². The second kappa shape index (κ2) is 5.80. The number of hydrogen-bond donors (Lipinski definition) is 1. The molecule has 17 heavy (non-hydrogen) atoms. The second-order valence-electron chi connectivity index (χ2n) is 3.84. The molecule has 0 atom stereocenters. The summed E-state index contributed by atoms with van der Waals surface area (Å²) in [4.78, 5) is 5.41. The minimum absolute atomic E-state index is 0.566. The molecular formula is C13H16N2OS. The number of nitrogens with zero attached hydrogens (tertiary/aromatic N) is 1. The van der Waals surface area contributed by atoms with Crippen LogP contribution >= 0.6 is 11.3 Å². The van der Waals surface area contributed by atoms with Crippen molar-refractivity contribution in [2.45, 2.75) is 19.9 Å². The molecule has 2 aromatic rings. The molecular weight excluding hydrogens is 232 g/mol. The van der Waals surface area contributed by atoms with Gasteiger partial charge in [-0.25, -0.2) is 4.98 Å². The van der Waals surface area contributed by atoms with Crippen LogP contribution in [0.4, 0.5) is 0 Å². The monoisotopic (exact) mass is 248 g/mol. The van der Waals surface area contributed by atoms with E-state index in [2.05, 4.69) is 11.9 Å². The molecule has 3 nitrogen and oxygen atoms in total. The van der Waals surface area contributed by atoms with E-state index in [-0.39, 0.29) is 0 Å².